The van der Waals surface area contributed by atoms with Crippen LogP contribution in [0.15, 0.2) is 4.99 Å². The van der Waals surface area contributed by atoms with Crippen LogP contribution in [-0.2, 0) is 0 Å². The molecule has 1 aliphatic carbocycles. The highest BCUT2D eigenvalue weighted by molar-refractivity contribution is 14.0. The van der Waals surface area contributed by atoms with Crippen molar-refractivity contribution in [1.29, 1.82) is 0 Å². The molecule has 8 heteroatoms. The molecule has 0 amide bonds. The van der Waals surface area contributed by atoms with Crippen LogP contribution in [0.2, 0.25) is 0 Å². The van der Waals surface area contributed by atoms with Crippen LogP contribution in [-0.4, -0.2) is 56.3 Å². The van der Waals surface area contributed by atoms with Gasteiger partial charge < -0.3 is 10.6 Å². The summed E-state index contributed by atoms with van der Waals surface area (Å²) in [7, 11) is 1.45. The van der Waals surface area contributed by atoms with Gasteiger partial charge in [0.1, 0.15) is 0 Å². The van der Waals surface area contributed by atoms with E-state index in [1.807, 2.05) is 6.92 Å². The Kier molecular flexibility index (Phi) is 8.71. The molecular formula is C11H22F3IN4. The van der Waals surface area contributed by atoms with E-state index < -0.39 is 12.7 Å². The second-order valence-corrected chi connectivity index (χ2v) is 4.53. The van der Waals surface area contributed by atoms with Crippen LogP contribution in [0.25, 0.3) is 0 Å². The predicted molar refractivity (Wildman–Crippen MR) is 81.1 cm³/mol. The number of alkyl halides is 3. The third kappa shape index (κ3) is 10.2. The Labute approximate surface area is 129 Å². The van der Waals surface area contributed by atoms with Crippen molar-refractivity contribution in [2.75, 3.05) is 33.2 Å². The van der Waals surface area contributed by atoms with Crippen molar-refractivity contribution in [3.05, 3.63) is 0 Å². The summed E-state index contributed by atoms with van der Waals surface area (Å²) in [5.41, 5.74) is 0. The summed E-state index contributed by atoms with van der Waals surface area (Å²) in [6.45, 7) is 2.46. The second-order valence-electron chi connectivity index (χ2n) is 4.53. The molecule has 0 bridgehead atoms. The lowest BCUT2D eigenvalue weighted by molar-refractivity contribution is -0.142. The molecule has 0 atom stereocenters. The number of hydrogen-bond acceptors (Lipinski definition) is 2. The molecule has 2 N–H and O–H groups in total. The summed E-state index contributed by atoms with van der Waals surface area (Å²) >= 11 is 0. The third-order valence-corrected chi connectivity index (χ3v) is 2.46. The molecule has 0 spiro atoms. The minimum atomic E-state index is -4.14. The molecule has 1 rings (SSSR count). The summed E-state index contributed by atoms with van der Waals surface area (Å²) in [6.07, 6.45) is -1.87. The minimum absolute atomic E-state index is 0. The Morgan fingerprint density at radius 1 is 1.37 bits per heavy atom. The van der Waals surface area contributed by atoms with Crippen LogP contribution in [0, 0.1) is 0 Å². The van der Waals surface area contributed by atoms with Crippen molar-refractivity contribution in [1.82, 2.24) is 15.5 Å². The van der Waals surface area contributed by atoms with E-state index in [1.165, 1.54) is 11.9 Å². The average molecular weight is 394 g/mol. The summed E-state index contributed by atoms with van der Waals surface area (Å²) in [5.74, 6) is 0.695. The number of nitrogens with one attached hydrogen (secondary N) is 2. The highest BCUT2D eigenvalue weighted by Gasteiger charge is 2.28. The van der Waals surface area contributed by atoms with Gasteiger partial charge in [0.15, 0.2) is 5.96 Å². The number of likely N-dealkylation sites (N-methyl/N-ethyl adjacent to an activating group) is 1. The fraction of sp³-hybridized carbons (Fsp3) is 0.909. The lowest BCUT2D eigenvalue weighted by Gasteiger charge is -2.17. The molecule has 0 saturated heterocycles. The third-order valence-electron chi connectivity index (χ3n) is 2.46. The van der Waals surface area contributed by atoms with Crippen LogP contribution in [0.3, 0.4) is 0 Å². The van der Waals surface area contributed by atoms with E-state index in [0.717, 1.165) is 19.4 Å². The first-order chi connectivity index (χ1) is 8.40. The van der Waals surface area contributed by atoms with E-state index in [2.05, 4.69) is 15.6 Å². The molecule has 0 radical (unpaired) electrons. The molecule has 1 aliphatic rings. The molecular weight excluding hydrogens is 372 g/mol. The number of guanidine groups is 1. The zero-order valence-electron chi connectivity index (χ0n) is 11.3. The summed E-state index contributed by atoms with van der Waals surface area (Å²) in [4.78, 5) is 5.48. The van der Waals surface area contributed by atoms with Crippen molar-refractivity contribution in [3.8, 4) is 0 Å². The summed E-state index contributed by atoms with van der Waals surface area (Å²) in [6, 6.07) is 0.482. The first-order valence-electron chi connectivity index (χ1n) is 6.21. The number of rotatable bonds is 6. The maximum absolute atomic E-state index is 12.1. The van der Waals surface area contributed by atoms with E-state index in [1.54, 1.807) is 0 Å². The zero-order valence-corrected chi connectivity index (χ0v) is 13.6. The Morgan fingerprint density at radius 3 is 2.47 bits per heavy atom. The first kappa shape index (κ1) is 18.8. The van der Waals surface area contributed by atoms with Crippen molar-refractivity contribution >= 4 is 29.9 Å². The Hall–Kier alpha value is -0.250. The minimum Gasteiger partial charge on any atom is -0.357 e. The zero-order chi connectivity index (χ0) is 13.6. The largest absolute Gasteiger partial charge is 0.401 e. The molecule has 0 aromatic carbocycles. The van der Waals surface area contributed by atoms with Gasteiger partial charge in [-0.1, -0.05) is 0 Å². The van der Waals surface area contributed by atoms with Crippen molar-refractivity contribution < 1.29 is 13.2 Å². The van der Waals surface area contributed by atoms with Crippen LogP contribution in [0.4, 0.5) is 13.2 Å². The normalized spacial score (nSPS) is 16.2. The molecule has 19 heavy (non-hydrogen) atoms. The second kappa shape index (κ2) is 8.83. The first-order valence-corrected chi connectivity index (χ1v) is 6.21. The van der Waals surface area contributed by atoms with Crippen molar-refractivity contribution in [2.24, 2.45) is 4.99 Å². The molecule has 0 heterocycles. The number of hydrogen-bond donors (Lipinski definition) is 2. The SMILES string of the molecule is CCNC(=NCCN(C)CC(F)(F)F)NC1CC1.I. The van der Waals surface area contributed by atoms with E-state index in [-0.39, 0.29) is 24.0 Å². The fourth-order valence-electron chi connectivity index (χ4n) is 1.46. The van der Waals surface area contributed by atoms with Crippen LogP contribution in [0.5, 0.6) is 0 Å². The van der Waals surface area contributed by atoms with Gasteiger partial charge in [0, 0.05) is 19.1 Å². The molecule has 0 aromatic rings. The van der Waals surface area contributed by atoms with Gasteiger partial charge >= 0.3 is 6.18 Å². The lowest BCUT2D eigenvalue weighted by Crippen LogP contribution is -2.39. The maximum atomic E-state index is 12.1. The van der Waals surface area contributed by atoms with E-state index in [4.69, 9.17) is 0 Å². The van der Waals surface area contributed by atoms with Gasteiger partial charge in [0.25, 0.3) is 0 Å². The average Bonchev–Trinajstić information content (AvgIpc) is 2.99. The van der Waals surface area contributed by atoms with Crippen LogP contribution in [0.1, 0.15) is 19.8 Å². The van der Waals surface area contributed by atoms with Gasteiger partial charge in [-0.15, -0.1) is 24.0 Å². The molecule has 1 fully saturated rings. The van der Waals surface area contributed by atoms with E-state index in [0.29, 0.717) is 25.1 Å². The molecule has 4 nitrogen and oxygen atoms in total. The van der Waals surface area contributed by atoms with Gasteiger partial charge in [-0.25, -0.2) is 0 Å². The highest BCUT2D eigenvalue weighted by atomic mass is 127. The van der Waals surface area contributed by atoms with Crippen LogP contribution >= 0.6 is 24.0 Å². The molecule has 1 saturated carbocycles. The van der Waals surface area contributed by atoms with E-state index in [9.17, 15) is 13.2 Å². The van der Waals surface area contributed by atoms with Crippen LogP contribution < -0.4 is 10.6 Å². The van der Waals surface area contributed by atoms with Crippen molar-refractivity contribution in [2.45, 2.75) is 32.0 Å². The molecule has 0 unspecified atom stereocenters. The smallest absolute Gasteiger partial charge is 0.357 e. The van der Waals surface area contributed by atoms with Gasteiger partial charge in [-0.05, 0) is 26.8 Å². The quantitative estimate of drug-likeness (QED) is 0.410. The number of aliphatic imine (C=N–C) groups is 1. The van der Waals surface area contributed by atoms with Gasteiger partial charge in [0.2, 0.25) is 0 Å². The highest BCUT2D eigenvalue weighted by Crippen LogP contribution is 2.18. The Morgan fingerprint density at radius 2 is 2.00 bits per heavy atom. The van der Waals surface area contributed by atoms with E-state index >= 15 is 0 Å². The Bertz CT molecular complexity index is 280. The van der Waals surface area contributed by atoms with Gasteiger partial charge in [-0.2, -0.15) is 13.2 Å². The number of halogens is 4. The topological polar surface area (TPSA) is 39.7 Å². The van der Waals surface area contributed by atoms with Gasteiger partial charge in [-0.3, -0.25) is 9.89 Å². The summed E-state index contributed by atoms with van der Waals surface area (Å²) in [5, 5.41) is 6.29. The molecule has 114 valence electrons. The number of nitrogens with zero attached hydrogens (tertiary/aromatic N) is 2. The lowest BCUT2D eigenvalue weighted by atomic mass is 10.5. The Balaban J connectivity index is 0.00000324. The monoisotopic (exact) mass is 394 g/mol. The predicted octanol–water partition coefficient (Wildman–Crippen LogP) is 1.82. The van der Waals surface area contributed by atoms with Crippen molar-refractivity contribution in [3.63, 3.8) is 0 Å². The summed E-state index contributed by atoms with van der Waals surface area (Å²) < 4.78 is 36.3. The fourth-order valence-corrected chi connectivity index (χ4v) is 1.46. The maximum Gasteiger partial charge on any atom is 0.401 e. The standard InChI is InChI=1S/C11H21F3N4.HI/c1-3-15-10(17-9-4-5-9)16-6-7-18(2)8-11(12,13)14;/h9H,3-8H2,1-2H3,(H2,15,16,17);1H. The molecule has 0 aromatic heterocycles. The molecule has 0 aliphatic heterocycles. The van der Waals surface area contributed by atoms with Gasteiger partial charge in [0.05, 0.1) is 13.1 Å².